The highest BCUT2D eigenvalue weighted by Gasteiger charge is 2.23. The third kappa shape index (κ3) is 3.52. The molecule has 156 valence electrons. The van der Waals surface area contributed by atoms with Crippen molar-refractivity contribution >= 4 is 55.7 Å². The maximum Gasteiger partial charge on any atom is 0.246 e. The molecule has 1 amide bonds. The van der Waals surface area contributed by atoms with Gasteiger partial charge < -0.3 is 14.9 Å². The van der Waals surface area contributed by atoms with Crippen LogP contribution in [0.15, 0.2) is 61.2 Å². The molecular weight excluding hydrogens is 430 g/mol. The number of benzene rings is 3. The Balaban J connectivity index is 1.53. The summed E-state index contributed by atoms with van der Waals surface area (Å²) in [4.78, 5) is 15.9. The number of aromatic nitrogens is 1. The summed E-state index contributed by atoms with van der Waals surface area (Å²) in [5, 5.41) is 14.9. The third-order valence-electron chi connectivity index (χ3n) is 5.74. The lowest BCUT2D eigenvalue weighted by Crippen LogP contribution is -2.48. The van der Waals surface area contributed by atoms with Crippen molar-refractivity contribution in [2.24, 2.45) is 0 Å². The fourth-order valence-electron chi connectivity index (χ4n) is 4.16. The van der Waals surface area contributed by atoms with Crippen LogP contribution in [0.2, 0.25) is 5.02 Å². The molecule has 0 radical (unpaired) electrons. The van der Waals surface area contributed by atoms with Crippen molar-refractivity contribution in [3.05, 3.63) is 66.2 Å². The maximum atomic E-state index is 11.9. The summed E-state index contributed by atoms with van der Waals surface area (Å²) >= 11 is 8.20. The second kappa shape index (κ2) is 7.87. The minimum Gasteiger partial charge on any atom is -0.508 e. The second-order valence-corrected chi connectivity index (χ2v) is 8.73. The molecule has 0 saturated carbocycles. The Bertz CT molecular complexity index is 1330. The van der Waals surface area contributed by atoms with Gasteiger partial charge in [-0.3, -0.25) is 4.79 Å². The van der Waals surface area contributed by atoms with Crippen molar-refractivity contribution in [3.63, 3.8) is 0 Å². The number of anilines is 1. The number of rotatable bonds is 3. The molecule has 5 rings (SSSR count). The van der Waals surface area contributed by atoms with Gasteiger partial charge in [-0.1, -0.05) is 42.4 Å². The van der Waals surface area contributed by atoms with Crippen molar-refractivity contribution in [2.45, 2.75) is 0 Å². The summed E-state index contributed by atoms with van der Waals surface area (Å²) in [5.41, 5.74) is 2.60. The lowest BCUT2D eigenvalue weighted by Gasteiger charge is -2.34. The monoisotopic (exact) mass is 449 g/mol. The van der Waals surface area contributed by atoms with Crippen molar-refractivity contribution in [2.75, 3.05) is 31.1 Å². The largest absolute Gasteiger partial charge is 0.508 e. The summed E-state index contributed by atoms with van der Waals surface area (Å²) in [6, 6.07) is 15.4. The predicted molar refractivity (Wildman–Crippen MR) is 128 cm³/mol. The zero-order chi connectivity index (χ0) is 21.5. The Kier molecular flexibility index (Phi) is 5.04. The quantitative estimate of drug-likeness (QED) is 0.430. The molecule has 1 fully saturated rings. The molecule has 5 nitrogen and oxygen atoms in total. The Morgan fingerprint density at radius 3 is 2.61 bits per heavy atom. The molecule has 1 aromatic heterocycles. The van der Waals surface area contributed by atoms with Gasteiger partial charge in [0.1, 0.15) is 10.8 Å². The van der Waals surface area contributed by atoms with E-state index < -0.39 is 0 Å². The standard InChI is InChI=1S/C24H20ClN3O2S/c1-2-23(30)27-7-9-28(10-8-27)24-20-13-21(25)19(14-22(20)26-31-24)18-12-16(29)11-15-5-3-4-6-17(15)18/h2-6,11-14,29H,1,7-10H2. The molecule has 1 saturated heterocycles. The van der Waals surface area contributed by atoms with Gasteiger partial charge >= 0.3 is 0 Å². The van der Waals surface area contributed by atoms with E-state index in [1.165, 1.54) is 17.6 Å². The fourth-order valence-corrected chi connectivity index (χ4v) is 5.32. The van der Waals surface area contributed by atoms with Gasteiger partial charge in [0, 0.05) is 42.2 Å². The minimum absolute atomic E-state index is 0.0279. The zero-order valence-corrected chi connectivity index (χ0v) is 18.3. The normalized spacial score (nSPS) is 14.4. The van der Waals surface area contributed by atoms with Crippen molar-refractivity contribution < 1.29 is 9.90 Å². The first kappa shape index (κ1) is 19.8. The maximum absolute atomic E-state index is 11.9. The van der Waals surface area contributed by atoms with Gasteiger partial charge in [0.25, 0.3) is 0 Å². The van der Waals surface area contributed by atoms with E-state index in [1.807, 2.05) is 41.3 Å². The zero-order valence-electron chi connectivity index (χ0n) is 16.7. The van der Waals surface area contributed by atoms with E-state index in [-0.39, 0.29) is 11.7 Å². The van der Waals surface area contributed by atoms with Gasteiger partial charge in [-0.15, -0.1) is 0 Å². The van der Waals surface area contributed by atoms with Gasteiger partial charge in [0.15, 0.2) is 0 Å². The van der Waals surface area contributed by atoms with Crippen LogP contribution in [-0.4, -0.2) is 46.5 Å². The van der Waals surface area contributed by atoms with Crippen LogP contribution in [0.25, 0.3) is 32.8 Å². The first-order valence-corrected chi connectivity index (χ1v) is 11.2. The van der Waals surface area contributed by atoms with Gasteiger partial charge in [0.2, 0.25) is 5.91 Å². The molecule has 0 bridgehead atoms. The Morgan fingerprint density at radius 1 is 1.06 bits per heavy atom. The van der Waals surface area contributed by atoms with Crippen LogP contribution in [0.5, 0.6) is 5.75 Å². The SMILES string of the molecule is C=CC(=O)N1CCN(c2snc3cc(-c4cc(O)cc5ccccc45)c(Cl)cc23)CC1. The van der Waals surface area contributed by atoms with Crippen LogP contribution in [0.1, 0.15) is 0 Å². The van der Waals surface area contributed by atoms with E-state index >= 15 is 0 Å². The number of fused-ring (bicyclic) bond motifs is 2. The van der Waals surface area contributed by atoms with E-state index in [0.29, 0.717) is 18.1 Å². The summed E-state index contributed by atoms with van der Waals surface area (Å²) in [6.07, 6.45) is 1.37. The summed E-state index contributed by atoms with van der Waals surface area (Å²) < 4.78 is 4.68. The smallest absolute Gasteiger partial charge is 0.246 e. The van der Waals surface area contributed by atoms with Gasteiger partial charge in [0.05, 0.1) is 5.52 Å². The first-order valence-electron chi connectivity index (χ1n) is 10.0. The average molecular weight is 450 g/mol. The van der Waals surface area contributed by atoms with E-state index in [0.717, 1.165) is 50.9 Å². The van der Waals surface area contributed by atoms with Crippen LogP contribution in [0.4, 0.5) is 5.00 Å². The number of phenols is 1. The molecule has 0 unspecified atom stereocenters. The van der Waals surface area contributed by atoms with Crippen molar-refractivity contribution in [3.8, 4) is 16.9 Å². The highest BCUT2D eigenvalue weighted by atomic mass is 35.5. The van der Waals surface area contributed by atoms with E-state index in [4.69, 9.17) is 11.6 Å². The Labute approximate surface area is 188 Å². The molecule has 7 heteroatoms. The van der Waals surface area contributed by atoms with Crippen LogP contribution in [0, 0.1) is 0 Å². The number of halogens is 1. The van der Waals surface area contributed by atoms with Gasteiger partial charge in [-0.05, 0) is 58.2 Å². The first-order chi connectivity index (χ1) is 15.0. The highest BCUT2D eigenvalue weighted by molar-refractivity contribution is 7.11. The minimum atomic E-state index is -0.0279. The van der Waals surface area contributed by atoms with Gasteiger partial charge in [-0.25, -0.2) is 0 Å². The van der Waals surface area contributed by atoms with Crippen LogP contribution < -0.4 is 4.90 Å². The number of phenolic OH excluding ortho intramolecular Hbond substituents is 1. The number of carbonyl (C=O) groups is 1. The van der Waals surface area contributed by atoms with E-state index in [2.05, 4.69) is 15.9 Å². The summed E-state index contributed by atoms with van der Waals surface area (Å²) in [6.45, 7) is 6.37. The number of piperazine rings is 1. The van der Waals surface area contributed by atoms with Crippen LogP contribution in [0.3, 0.4) is 0 Å². The molecule has 31 heavy (non-hydrogen) atoms. The van der Waals surface area contributed by atoms with Crippen LogP contribution >= 0.6 is 23.1 Å². The average Bonchev–Trinajstić information content (AvgIpc) is 3.20. The molecule has 3 aromatic carbocycles. The second-order valence-electron chi connectivity index (χ2n) is 7.57. The number of nitrogens with zero attached hydrogens (tertiary/aromatic N) is 3. The molecule has 0 atom stereocenters. The molecule has 2 heterocycles. The topological polar surface area (TPSA) is 56.7 Å². The molecule has 1 aliphatic rings. The molecule has 1 N–H and O–H groups in total. The Hall–Kier alpha value is -3.09. The number of aromatic hydroxyl groups is 1. The number of amides is 1. The van der Waals surface area contributed by atoms with Gasteiger partial charge in [-0.2, -0.15) is 4.37 Å². The number of hydrogen-bond donors (Lipinski definition) is 1. The molecule has 4 aromatic rings. The van der Waals surface area contributed by atoms with E-state index in [1.54, 1.807) is 12.1 Å². The highest BCUT2D eigenvalue weighted by Crippen LogP contribution is 2.41. The lowest BCUT2D eigenvalue weighted by atomic mass is 9.97. The molecule has 0 spiro atoms. The fraction of sp³-hybridized carbons (Fsp3) is 0.167. The molecule has 0 aliphatic carbocycles. The van der Waals surface area contributed by atoms with Crippen molar-refractivity contribution in [1.82, 2.24) is 9.27 Å². The summed E-state index contributed by atoms with van der Waals surface area (Å²) in [5.74, 6) is 0.176. The van der Waals surface area contributed by atoms with E-state index in [9.17, 15) is 9.90 Å². The van der Waals surface area contributed by atoms with Crippen LogP contribution in [-0.2, 0) is 4.79 Å². The molecular formula is C24H20ClN3O2S. The number of carbonyl (C=O) groups excluding carboxylic acids is 1. The summed E-state index contributed by atoms with van der Waals surface area (Å²) in [7, 11) is 0. The third-order valence-corrected chi connectivity index (χ3v) is 6.99. The Morgan fingerprint density at radius 2 is 1.84 bits per heavy atom. The molecule has 1 aliphatic heterocycles. The van der Waals surface area contributed by atoms with Crippen molar-refractivity contribution in [1.29, 1.82) is 0 Å². The lowest BCUT2D eigenvalue weighted by molar-refractivity contribution is -0.126. The number of hydrogen-bond acceptors (Lipinski definition) is 5. The predicted octanol–water partition coefficient (Wildman–Crippen LogP) is 5.31.